The molecule has 0 aliphatic carbocycles. The van der Waals surface area contributed by atoms with Crippen LogP contribution in [-0.2, 0) is 11.2 Å². The first-order chi connectivity index (χ1) is 11.5. The van der Waals surface area contributed by atoms with Crippen molar-refractivity contribution in [2.45, 2.75) is 20.3 Å². The molecular weight excluding hydrogens is 305 g/mol. The molecule has 122 valence electrons. The molecule has 1 aromatic heterocycles. The number of aryl methyl sites for hydroxylation is 2. The predicted molar refractivity (Wildman–Crippen MR) is 91.8 cm³/mol. The van der Waals surface area contributed by atoms with Gasteiger partial charge in [-0.2, -0.15) is 5.10 Å². The lowest BCUT2D eigenvalue weighted by Crippen LogP contribution is -2.16. The molecule has 3 aromatic rings. The van der Waals surface area contributed by atoms with Gasteiger partial charge in [0.25, 0.3) is 0 Å². The van der Waals surface area contributed by atoms with Gasteiger partial charge in [0.1, 0.15) is 5.82 Å². The summed E-state index contributed by atoms with van der Waals surface area (Å²) < 4.78 is 14.7. The van der Waals surface area contributed by atoms with Crippen LogP contribution in [0.15, 0.2) is 54.6 Å². The lowest BCUT2D eigenvalue weighted by molar-refractivity contribution is -0.115. The van der Waals surface area contributed by atoms with E-state index in [9.17, 15) is 9.18 Å². The van der Waals surface area contributed by atoms with E-state index in [0.717, 1.165) is 22.6 Å². The lowest BCUT2D eigenvalue weighted by atomic mass is 10.1. The SMILES string of the molecule is Cc1cc(C)n(-c2ccccc2NC(=O)Cc2ccc(F)cc2)n1. The smallest absolute Gasteiger partial charge is 0.228 e. The van der Waals surface area contributed by atoms with E-state index in [1.807, 2.05) is 48.9 Å². The van der Waals surface area contributed by atoms with Crippen LogP contribution < -0.4 is 5.32 Å². The molecule has 0 bridgehead atoms. The Kier molecular flexibility index (Phi) is 4.42. The molecule has 24 heavy (non-hydrogen) atoms. The minimum absolute atomic E-state index is 0.157. The number of carbonyl (C=O) groups excluding carboxylic acids is 1. The molecule has 0 saturated carbocycles. The number of rotatable bonds is 4. The van der Waals surface area contributed by atoms with Crippen molar-refractivity contribution in [1.82, 2.24) is 9.78 Å². The number of amides is 1. The van der Waals surface area contributed by atoms with Crippen LogP contribution in [0.4, 0.5) is 10.1 Å². The van der Waals surface area contributed by atoms with E-state index >= 15 is 0 Å². The first-order valence-corrected chi connectivity index (χ1v) is 7.70. The van der Waals surface area contributed by atoms with Crippen molar-refractivity contribution in [3.05, 3.63) is 77.4 Å². The fraction of sp³-hybridized carbons (Fsp3) is 0.158. The summed E-state index contributed by atoms with van der Waals surface area (Å²) in [7, 11) is 0. The number of nitrogens with one attached hydrogen (secondary N) is 1. The van der Waals surface area contributed by atoms with Crippen molar-refractivity contribution in [2.24, 2.45) is 0 Å². The summed E-state index contributed by atoms with van der Waals surface area (Å²) in [6.07, 6.45) is 0.186. The monoisotopic (exact) mass is 323 g/mol. The zero-order valence-electron chi connectivity index (χ0n) is 13.6. The van der Waals surface area contributed by atoms with E-state index < -0.39 is 0 Å². The Morgan fingerprint density at radius 3 is 2.50 bits per heavy atom. The van der Waals surface area contributed by atoms with Crippen LogP contribution in [0.3, 0.4) is 0 Å². The predicted octanol–water partition coefficient (Wildman–Crippen LogP) is 3.81. The number of anilines is 1. The maximum atomic E-state index is 12.9. The Hall–Kier alpha value is -2.95. The highest BCUT2D eigenvalue weighted by molar-refractivity contribution is 5.94. The van der Waals surface area contributed by atoms with Gasteiger partial charge in [0.2, 0.25) is 5.91 Å². The molecule has 0 fully saturated rings. The van der Waals surface area contributed by atoms with Gasteiger partial charge >= 0.3 is 0 Å². The molecule has 2 aromatic carbocycles. The van der Waals surface area contributed by atoms with Gasteiger partial charge in [0, 0.05) is 5.69 Å². The van der Waals surface area contributed by atoms with E-state index in [2.05, 4.69) is 10.4 Å². The van der Waals surface area contributed by atoms with Gasteiger partial charge in [0.05, 0.1) is 23.5 Å². The summed E-state index contributed by atoms with van der Waals surface area (Å²) >= 11 is 0. The van der Waals surface area contributed by atoms with E-state index in [1.54, 1.807) is 12.1 Å². The zero-order valence-corrected chi connectivity index (χ0v) is 13.6. The number of nitrogens with zero attached hydrogens (tertiary/aromatic N) is 2. The van der Waals surface area contributed by atoms with Gasteiger partial charge in [-0.1, -0.05) is 24.3 Å². The lowest BCUT2D eigenvalue weighted by Gasteiger charge is -2.12. The molecule has 1 N–H and O–H groups in total. The maximum Gasteiger partial charge on any atom is 0.228 e. The Balaban J connectivity index is 1.81. The third-order valence-electron chi connectivity index (χ3n) is 3.69. The average Bonchev–Trinajstić information content (AvgIpc) is 2.88. The highest BCUT2D eigenvalue weighted by Crippen LogP contribution is 2.21. The fourth-order valence-corrected chi connectivity index (χ4v) is 2.62. The van der Waals surface area contributed by atoms with Gasteiger partial charge in [-0.05, 0) is 49.7 Å². The number of hydrogen-bond donors (Lipinski definition) is 1. The Morgan fingerprint density at radius 1 is 1.12 bits per heavy atom. The summed E-state index contributed by atoms with van der Waals surface area (Å²) in [5.41, 5.74) is 4.18. The van der Waals surface area contributed by atoms with E-state index in [4.69, 9.17) is 0 Å². The van der Waals surface area contributed by atoms with Crippen LogP contribution in [0.5, 0.6) is 0 Å². The zero-order chi connectivity index (χ0) is 17.1. The summed E-state index contributed by atoms with van der Waals surface area (Å²) in [5, 5.41) is 7.38. The van der Waals surface area contributed by atoms with Crippen LogP contribution in [0, 0.1) is 19.7 Å². The van der Waals surface area contributed by atoms with Crippen LogP contribution in [0.2, 0.25) is 0 Å². The third-order valence-corrected chi connectivity index (χ3v) is 3.69. The highest BCUT2D eigenvalue weighted by atomic mass is 19.1. The molecule has 1 heterocycles. The van der Waals surface area contributed by atoms with Crippen molar-refractivity contribution in [3.8, 4) is 5.69 Å². The molecule has 0 aliphatic heterocycles. The van der Waals surface area contributed by atoms with Gasteiger partial charge in [-0.3, -0.25) is 4.79 Å². The maximum absolute atomic E-state index is 12.9. The second-order valence-electron chi connectivity index (χ2n) is 5.71. The number of benzene rings is 2. The van der Waals surface area contributed by atoms with Crippen molar-refractivity contribution < 1.29 is 9.18 Å². The molecule has 0 radical (unpaired) electrons. The van der Waals surface area contributed by atoms with Gasteiger partial charge < -0.3 is 5.32 Å². The minimum Gasteiger partial charge on any atom is -0.324 e. The molecule has 0 unspecified atom stereocenters. The highest BCUT2D eigenvalue weighted by Gasteiger charge is 2.11. The summed E-state index contributed by atoms with van der Waals surface area (Å²) in [6.45, 7) is 3.90. The van der Waals surface area contributed by atoms with Crippen molar-refractivity contribution in [3.63, 3.8) is 0 Å². The Bertz CT molecular complexity index is 869. The Labute approximate surface area is 139 Å². The van der Waals surface area contributed by atoms with Gasteiger partial charge in [-0.15, -0.1) is 0 Å². The number of halogens is 1. The number of aromatic nitrogens is 2. The molecule has 1 amide bonds. The third kappa shape index (κ3) is 3.51. The summed E-state index contributed by atoms with van der Waals surface area (Å²) in [4.78, 5) is 12.3. The normalized spacial score (nSPS) is 10.6. The Morgan fingerprint density at radius 2 is 1.83 bits per heavy atom. The first-order valence-electron chi connectivity index (χ1n) is 7.70. The quantitative estimate of drug-likeness (QED) is 0.793. The van der Waals surface area contributed by atoms with E-state index in [1.165, 1.54) is 12.1 Å². The van der Waals surface area contributed by atoms with Gasteiger partial charge in [-0.25, -0.2) is 9.07 Å². The van der Waals surface area contributed by atoms with Crippen LogP contribution in [0.25, 0.3) is 5.69 Å². The van der Waals surface area contributed by atoms with Crippen LogP contribution in [0.1, 0.15) is 17.0 Å². The molecule has 4 nitrogen and oxygen atoms in total. The molecule has 0 atom stereocenters. The molecule has 0 aliphatic rings. The molecule has 0 spiro atoms. The standard InChI is InChI=1S/C19H18FN3O/c1-13-11-14(2)23(22-13)18-6-4-3-5-17(18)21-19(24)12-15-7-9-16(20)10-8-15/h3-11H,12H2,1-2H3,(H,21,24). The molecular formula is C19H18FN3O. The van der Waals surface area contributed by atoms with Gasteiger partial charge in [0.15, 0.2) is 0 Å². The van der Waals surface area contributed by atoms with E-state index in [-0.39, 0.29) is 18.1 Å². The summed E-state index contributed by atoms with van der Waals surface area (Å²) in [5.74, 6) is -0.468. The second kappa shape index (κ2) is 6.66. The van der Waals surface area contributed by atoms with Crippen LogP contribution in [-0.4, -0.2) is 15.7 Å². The first kappa shape index (κ1) is 15.9. The number of carbonyl (C=O) groups is 1. The molecule has 3 rings (SSSR count). The topological polar surface area (TPSA) is 46.9 Å². The minimum atomic E-state index is -0.311. The largest absolute Gasteiger partial charge is 0.324 e. The van der Waals surface area contributed by atoms with E-state index in [0.29, 0.717) is 5.69 Å². The molecule has 5 heteroatoms. The van der Waals surface area contributed by atoms with Crippen molar-refractivity contribution in [2.75, 3.05) is 5.32 Å². The van der Waals surface area contributed by atoms with Crippen molar-refractivity contribution in [1.29, 1.82) is 0 Å². The summed E-state index contributed by atoms with van der Waals surface area (Å²) in [6, 6.07) is 15.4. The van der Waals surface area contributed by atoms with Crippen LogP contribution >= 0.6 is 0 Å². The number of hydrogen-bond acceptors (Lipinski definition) is 2. The average molecular weight is 323 g/mol. The number of para-hydroxylation sites is 2. The second-order valence-corrected chi connectivity index (χ2v) is 5.71. The fourth-order valence-electron chi connectivity index (χ4n) is 2.62. The molecule has 0 saturated heterocycles. The van der Waals surface area contributed by atoms with Crippen molar-refractivity contribution >= 4 is 11.6 Å².